The molecule has 0 saturated heterocycles. The molecule has 2 aliphatic rings. The molecule has 0 bridgehead atoms. The van der Waals surface area contributed by atoms with Gasteiger partial charge < -0.3 is 0 Å². The summed E-state index contributed by atoms with van der Waals surface area (Å²) < 4.78 is 0. The average Bonchev–Trinajstić information content (AvgIpc) is 2.16. The molecule has 0 nitrogen and oxygen atoms in total. The predicted molar refractivity (Wildman–Crippen MR) is 66.8 cm³/mol. The van der Waals surface area contributed by atoms with E-state index >= 15 is 0 Å². The lowest BCUT2D eigenvalue weighted by atomic mass is 9.49. The molecule has 2 aliphatic carbocycles. The monoisotopic (exact) mass is 206 g/mol. The van der Waals surface area contributed by atoms with E-state index in [2.05, 4.69) is 40.7 Å². The summed E-state index contributed by atoms with van der Waals surface area (Å²) in [7, 11) is 0. The molecule has 86 valence electrons. The first kappa shape index (κ1) is 11.2. The molecule has 2 unspecified atom stereocenters. The largest absolute Gasteiger partial charge is 0.0845 e. The minimum atomic E-state index is 0.399. The number of hydrogen-bond donors (Lipinski definition) is 0. The maximum Gasteiger partial charge on any atom is -0.00882 e. The van der Waals surface area contributed by atoms with Crippen LogP contribution in [0.1, 0.15) is 60.3 Å². The first-order chi connectivity index (χ1) is 6.87. The van der Waals surface area contributed by atoms with Crippen molar-refractivity contribution in [1.82, 2.24) is 0 Å². The van der Waals surface area contributed by atoms with Crippen LogP contribution < -0.4 is 0 Å². The summed E-state index contributed by atoms with van der Waals surface area (Å²) in [6.07, 6.45) is 8.15. The molecule has 2 atom stereocenters. The van der Waals surface area contributed by atoms with Gasteiger partial charge in [-0.3, -0.25) is 0 Å². The highest BCUT2D eigenvalue weighted by atomic mass is 14.5. The van der Waals surface area contributed by atoms with Crippen LogP contribution in [0.5, 0.6) is 0 Å². The summed E-state index contributed by atoms with van der Waals surface area (Å²) >= 11 is 0. The quantitative estimate of drug-likeness (QED) is 0.499. The van der Waals surface area contributed by atoms with Gasteiger partial charge in [-0.25, -0.2) is 0 Å². The minimum Gasteiger partial charge on any atom is -0.0845 e. The predicted octanol–water partition coefficient (Wildman–Crippen LogP) is 4.81. The molecule has 1 fully saturated rings. The van der Waals surface area contributed by atoms with Gasteiger partial charge in [0.25, 0.3) is 0 Å². The highest BCUT2D eigenvalue weighted by Gasteiger charge is 2.49. The zero-order chi connectivity index (χ0) is 11.3. The van der Waals surface area contributed by atoms with E-state index in [1.54, 1.807) is 5.57 Å². The Hall–Kier alpha value is -0.260. The smallest absolute Gasteiger partial charge is 0.00882 e. The standard InChI is InChI=1S/C15H26/c1-11-10-12-8-6-7-9-13(12)15(4,5)14(11,2)3/h9,11-12H,6-8,10H2,1-5H3. The number of rotatable bonds is 0. The van der Waals surface area contributed by atoms with Crippen molar-refractivity contribution in [1.29, 1.82) is 0 Å². The Balaban J connectivity index is 2.41. The zero-order valence-electron chi connectivity index (χ0n) is 11.1. The lowest BCUT2D eigenvalue weighted by Crippen LogP contribution is -2.46. The number of hydrogen-bond acceptors (Lipinski definition) is 0. The maximum absolute atomic E-state index is 2.56. The van der Waals surface area contributed by atoms with Crippen molar-refractivity contribution in [2.24, 2.45) is 22.7 Å². The Labute approximate surface area is 95.1 Å². The third kappa shape index (κ3) is 1.48. The fourth-order valence-corrected chi connectivity index (χ4v) is 3.66. The number of allylic oxidation sites excluding steroid dienone is 2. The SMILES string of the molecule is CC1CC2CCCC=C2C(C)(C)C1(C)C. The van der Waals surface area contributed by atoms with Crippen LogP contribution in [-0.4, -0.2) is 0 Å². The minimum absolute atomic E-state index is 0.399. The second-order valence-corrected chi connectivity index (χ2v) is 6.77. The topological polar surface area (TPSA) is 0 Å². The second-order valence-electron chi connectivity index (χ2n) is 6.77. The van der Waals surface area contributed by atoms with Crippen LogP contribution in [0.25, 0.3) is 0 Å². The van der Waals surface area contributed by atoms with Crippen LogP contribution in [0.15, 0.2) is 11.6 Å². The fraction of sp³-hybridized carbons (Fsp3) is 0.867. The van der Waals surface area contributed by atoms with Crippen molar-refractivity contribution in [2.75, 3.05) is 0 Å². The van der Waals surface area contributed by atoms with Gasteiger partial charge in [0.1, 0.15) is 0 Å². The zero-order valence-corrected chi connectivity index (χ0v) is 11.1. The first-order valence-corrected chi connectivity index (χ1v) is 6.58. The van der Waals surface area contributed by atoms with Crippen LogP contribution >= 0.6 is 0 Å². The summed E-state index contributed by atoms with van der Waals surface area (Å²) in [5.74, 6) is 1.75. The molecule has 0 heteroatoms. The Kier molecular flexibility index (Phi) is 2.52. The van der Waals surface area contributed by atoms with Crippen LogP contribution in [-0.2, 0) is 0 Å². The molecule has 0 spiro atoms. The van der Waals surface area contributed by atoms with Gasteiger partial charge >= 0.3 is 0 Å². The Morgan fingerprint density at radius 1 is 1.20 bits per heavy atom. The Morgan fingerprint density at radius 2 is 1.87 bits per heavy atom. The molecule has 0 heterocycles. The van der Waals surface area contributed by atoms with E-state index in [0.717, 1.165) is 11.8 Å². The second kappa shape index (κ2) is 3.37. The molecule has 0 aromatic rings. The van der Waals surface area contributed by atoms with E-state index in [1.165, 1.54) is 25.7 Å². The fourth-order valence-electron chi connectivity index (χ4n) is 3.66. The first-order valence-electron chi connectivity index (χ1n) is 6.58. The lowest BCUT2D eigenvalue weighted by molar-refractivity contribution is 0.0185. The molecule has 1 saturated carbocycles. The third-order valence-electron chi connectivity index (χ3n) is 5.76. The van der Waals surface area contributed by atoms with E-state index in [1.807, 2.05) is 0 Å². The van der Waals surface area contributed by atoms with Gasteiger partial charge in [0.15, 0.2) is 0 Å². The van der Waals surface area contributed by atoms with E-state index in [9.17, 15) is 0 Å². The molecule has 15 heavy (non-hydrogen) atoms. The van der Waals surface area contributed by atoms with E-state index in [0.29, 0.717) is 10.8 Å². The number of fused-ring (bicyclic) bond motifs is 1. The van der Waals surface area contributed by atoms with Gasteiger partial charge in [-0.2, -0.15) is 0 Å². The van der Waals surface area contributed by atoms with Crippen molar-refractivity contribution in [3.63, 3.8) is 0 Å². The molecule has 0 radical (unpaired) electrons. The van der Waals surface area contributed by atoms with Crippen LogP contribution in [0, 0.1) is 22.7 Å². The molecule has 2 rings (SSSR count). The van der Waals surface area contributed by atoms with Crippen molar-refractivity contribution >= 4 is 0 Å². The maximum atomic E-state index is 2.56. The van der Waals surface area contributed by atoms with Gasteiger partial charge in [-0.1, -0.05) is 46.3 Å². The summed E-state index contributed by atoms with van der Waals surface area (Å²) in [6.45, 7) is 12.3. The average molecular weight is 206 g/mol. The van der Waals surface area contributed by atoms with Crippen molar-refractivity contribution in [3.05, 3.63) is 11.6 Å². The highest BCUT2D eigenvalue weighted by molar-refractivity contribution is 5.25. The molecular formula is C15H26. The van der Waals surface area contributed by atoms with Crippen LogP contribution in [0.2, 0.25) is 0 Å². The molecule has 0 aromatic carbocycles. The Bertz CT molecular complexity index is 280. The van der Waals surface area contributed by atoms with Crippen LogP contribution in [0.4, 0.5) is 0 Å². The summed E-state index contributed by atoms with van der Waals surface area (Å²) in [4.78, 5) is 0. The molecule has 0 aromatic heterocycles. The van der Waals surface area contributed by atoms with Gasteiger partial charge in [-0.15, -0.1) is 0 Å². The van der Waals surface area contributed by atoms with E-state index < -0.39 is 0 Å². The summed E-state index contributed by atoms with van der Waals surface area (Å²) in [5, 5.41) is 0. The third-order valence-corrected chi connectivity index (χ3v) is 5.76. The van der Waals surface area contributed by atoms with Gasteiger partial charge in [-0.05, 0) is 48.3 Å². The molecule has 0 amide bonds. The lowest BCUT2D eigenvalue weighted by Gasteiger charge is -2.55. The Morgan fingerprint density at radius 3 is 2.53 bits per heavy atom. The molecule has 0 aliphatic heterocycles. The summed E-state index contributed by atoms with van der Waals surface area (Å²) in [5.41, 5.74) is 2.62. The van der Waals surface area contributed by atoms with E-state index in [4.69, 9.17) is 0 Å². The van der Waals surface area contributed by atoms with Crippen molar-refractivity contribution in [2.45, 2.75) is 60.3 Å². The van der Waals surface area contributed by atoms with Gasteiger partial charge in [0.05, 0.1) is 0 Å². The van der Waals surface area contributed by atoms with Crippen molar-refractivity contribution < 1.29 is 0 Å². The normalized spacial score (nSPS) is 38.1. The van der Waals surface area contributed by atoms with Gasteiger partial charge in [0, 0.05) is 0 Å². The van der Waals surface area contributed by atoms with Crippen LogP contribution in [0.3, 0.4) is 0 Å². The van der Waals surface area contributed by atoms with E-state index in [-0.39, 0.29) is 0 Å². The molecule has 0 N–H and O–H groups in total. The van der Waals surface area contributed by atoms with Crippen molar-refractivity contribution in [3.8, 4) is 0 Å². The summed E-state index contributed by atoms with van der Waals surface area (Å²) in [6, 6.07) is 0. The van der Waals surface area contributed by atoms with Gasteiger partial charge in [0.2, 0.25) is 0 Å². The molecular weight excluding hydrogens is 180 g/mol. The highest BCUT2D eigenvalue weighted by Crippen LogP contribution is 2.59.